The molecule has 0 atom stereocenters. The lowest BCUT2D eigenvalue weighted by molar-refractivity contribution is 0.0987. The number of hydrogen-bond acceptors (Lipinski definition) is 3. The summed E-state index contributed by atoms with van der Waals surface area (Å²) in [7, 11) is 0. The highest BCUT2D eigenvalue weighted by Crippen LogP contribution is 2.22. The number of ether oxygens (including phenoxy) is 1. The van der Waals surface area contributed by atoms with Crippen LogP contribution in [0.5, 0.6) is 5.75 Å². The number of carbonyl (C=O) groups excluding carboxylic acids is 1. The molecule has 2 rings (SSSR count). The second kappa shape index (κ2) is 7.81. The molecule has 0 heterocycles. The number of carbonyl (C=O) groups is 1. The second-order valence-corrected chi connectivity index (χ2v) is 4.99. The van der Waals surface area contributed by atoms with E-state index < -0.39 is 0 Å². The molecule has 0 aliphatic heterocycles. The molecule has 2 aromatic carbocycles. The fourth-order valence-electron chi connectivity index (χ4n) is 1.93. The van der Waals surface area contributed by atoms with Crippen molar-refractivity contribution in [2.45, 2.75) is 13.5 Å². The van der Waals surface area contributed by atoms with Gasteiger partial charge in [0.2, 0.25) is 0 Å². The summed E-state index contributed by atoms with van der Waals surface area (Å²) in [5.74, 6) is 0.604. The van der Waals surface area contributed by atoms with Gasteiger partial charge in [-0.3, -0.25) is 4.79 Å². The molecule has 0 fully saturated rings. The summed E-state index contributed by atoms with van der Waals surface area (Å²) in [6.45, 7) is 3.37. The average molecular weight is 304 g/mol. The Hall–Kier alpha value is -1.84. The summed E-state index contributed by atoms with van der Waals surface area (Å²) in [6.07, 6.45) is 0. The van der Waals surface area contributed by atoms with Crippen molar-refractivity contribution in [3.8, 4) is 5.75 Å². The molecule has 0 saturated carbocycles. The average Bonchev–Trinajstić information content (AvgIpc) is 2.52. The van der Waals surface area contributed by atoms with Crippen LogP contribution in [0.3, 0.4) is 0 Å². The lowest BCUT2D eigenvalue weighted by atomic mass is 10.1. The predicted molar refractivity (Wildman–Crippen MR) is 85.1 cm³/mol. The maximum Gasteiger partial charge on any atom is 0.180 e. The van der Waals surface area contributed by atoms with E-state index in [-0.39, 0.29) is 5.78 Å². The van der Waals surface area contributed by atoms with Crippen molar-refractivity contribution in [2.75, 3.05) is 13.1 Å². The molecular weight excluding hydrogens is 286 g/mol. The maximum absolute atomic E-state index is 12.1. The highest BCUT2D eigenvalue weighted by molar-refractivity contribution is 6.31. The number of ketones is 1. The summed E-state index contributed by atoms with van der Waals surface area (Å²) in [5.41, 5.74) is 1.48. The minimum absolute atomic E-state index is 0.0200. The minimum Gasteiger partial charge on any atom is -0.488 e. The van der Waals surface area contributed by atoms with Crippen LogP contribution < -0.4 is 10.1 Å². The van der Waals surface area contributed by atoms with E-state index in [1.807, 2.05) is 43.3 Å². The second-order valence-electron chi connectivity index (χ2n) is 4.58. The van der Waals surface area contributed by atoms with Crippen LogP contribution in [0.4, 0.5) is 0 Å². The van der Waals surface area contributed by atoms with Gasteiger partial charge in [-0.1, -0.05) is 48.9 Å². The van der Waals surface area contributed by atoms with Gasteiger partial charge >= 0.3 is 0 Å². The molecule has 0 amide bonds. The largest absolute Gasteiger partial charge is 0.488 e. The first kappa shape index (κ1) is 15.5. The lowest BCUT2D eigenvalue weighted by Crippen LogP contribution is -2.23. The number of benzene rings is 2. The zero-order valence-electron chi connectivity index (χ0n) is 11.9. The van der Waals surface area contributed by atoms with Crippen LogP contribution in [-0.4, -0.2) is 18.9 Å². The number of hydrogen-bond donors (Lipinski definition) is 1. The zero-order chi connectivity index (χ0) is 15.1. The molecule has 0 radical (unpaired) electrons. The first-order chi connectivity index (χ1) is 10.2. The van der Waals surface area contributed by atoms with Crippen molar-refractivity contribution in [1.82, 2.24) is 5.32 Å². The molecule has 2 aromatic rings. The molecule has 0 aliphatic carbocycles. The van der Waals surface area contributed by atoms with Gasteiger partial charge in [0.05, 0.1) is 12.1 Å². The molecule has 0 spiro atoms. The van der Waals surface area contributed by atoms with E-state index in [1.54, 1.807) is 12.1 Å². The summed E-state index contributed by atoms with van der Waals surface area (Å²) < 4.78 is 5.77. The van der Waals surface area contributed by atoms with Gasteiger partial charge in [0.25, 0.3) is 0 Å². The van der Waals surface area contributed by atoms with E-state index >= 15 is 0 Å². The fraction of sp³-hybridized carbons (Fsp3) is 0.235. The highest BCUT2D eigenvalue weighted by Gasteiger charge is 2.12. The molecule has 0 aliphatic rings. The summed E-state index contributed by atoms with van der Waals surface area (Å²) >= 11 is 6.10. The van der Waals surface area contributed by atoms with Crippen molar-refractivity contribution in [1.29, 1.82) is 0 Å². The predicted octanol–water partition coefficient (Wildman–Crippen LogP) is 3.71. The van der Waals surface area contributed by atoms with Gasteiger partial charge in [-0.25, -0.2) is 0 Å². The molecule has 0 aromatic heterocycles. The molecule has 0 bridgehead atoms. The number of rotatable bonds is 7. The Morgan fingerprint density at radius 3 is 2.62 bits per heavy atom. The first-order valence-electron chi connectivity index (χ1n) is 6.91. The minimum atomic E-state index is 0.0200. The first-order valence-corrected chi connectivity index (χ1v) is 7.29. The molecule has 0 unspecified atom stereocenters. The third-order valence-electron chi connectivity index (χ3n) is 3.06. The third-order valence-corrected chi connectivity index (χ3v) is 3.43. The van der Waals surface area contributed by atoms with Crippen molar-refractivity contribution >= 4 is 17.4 Å². The van der Waals surface area contributed by atoms with Gasteiger partial charge < -0.3 is 10.1 Å². The Morgan fingerprint density at radius 1 is 1.14 bits per heavy atom. The third kappa shape index (κ3) is 4.31. The van der Waals surface area contributed by atoms with Gasteiger partial charge in [0, 0.05) is 10.6 Å². The smallest absolute Gasteiger partial charge is 0.180 e. The van der Waals surface area contributed by atoms with E-state index in [0.29, 0.717) is 29.5 Å². The van der Waals surface area contributed by atoms with Crippen LogP contribution >= 0.6 is 11.6 Å². The van der Waals surface area contributed by atoms with Gasteiger partial charge in [-0.2, -0.15) is 0 Å². The number of Topliss-reactive ketones (excluding diaryl/α,β-unsaturated/α-hetero) is 1. The molecule has 21 heavy (non-hydrogen) atoms. The van der Waals surface area contributed by atoms with Crippen molar-refractivity contribution in [3.63, 3.8) is 0 Å². The Kier molecular flexibility index (Phi) is 5.78. The van der Waals surface area contributed by atoms with Crippen molar-refractivity contribution in [2.24, 2.45) is 0 Å². The number of likely N-dealkylation sites (N-methyl/N-ethyl adjacent to an activating group) is 1. The van der Waals surface area contributed by atoms with Crippen molar-refractivity contribution in [3.05, 3.63) is 64.7 Å². The Bertz CT molecular complexity index is 613. The molecule has 3 nitrogen and oxygen atoms in total. The van der Waals surface area contributed by atoms with Gasteiger partial charge in [-0.15, -0.1) is 0 Å². The van der Waals surface area contributed by atoms with E-state index in [2.05, 4.69) is 5.32 Å². The SMILES string of the molecule is CCNCC(=O)c1ccccc1OCc1ccccc1Cl. The maximum atomic E-state index is 12.1. The monoisotopic (exact) mass is 303 g/mol. The summed E-state index contributed by atoms with van der Waals surface area (Å²) in [5, 5.41) is 3.69. The Labute approximate surface area is 129 Å². The van der Waals surface area contributed by atoms with Crippen LogP contribution in [0.2, 0.25) is 5.02 Å². The normalized spacial score (nSPS) is 10.4. The Balaban J connectivity index is 2.10. The molecule has 4 heteroatoms. The topological polar surface area (TPSA) is 38.3 Å². The zero-order valence-corrected chi connectivity index (χ0v) is 12.7. The van der Waals surface area contributed by atoms with Gasteiger partial charge in [0.15, 0.2) is 5.78 Å². The van der Waals surface area contributed by atoms with Crippen molar-refractivity contribution < 1.29 is 9.53 Å². The van der Waals surface area contributed by atoms with Crippen LogP contribution in [0, 0.1) is 0 Å². The quantitative estimate of drug-likeness (QED) is 0.792. The van der Waals surface area contributed by atoms with E-state index in [0.717, 1.165) is 12.1 Å². The summed E-state index contributed by atoms with van der Waals surface area (Å²) in [4.78, 5) is 12.1. The molecule has 110 valence electrons. The standard InChI is InChI=1S/C17H18ClNO2/c1-2-19-11-16(20)14-8-4-6-10-17(14)21-12-13-7-3-5-9-15(13)18/h3-10,19H,2,11-12H2,1H3. The molecule has 0 saturated heterocycles. The van der Waals surface area contributed by atoms with Crippen LogP contribution in [0.25, 0.3) is 0 Å². The van der Waals surface area contributed by atoms with Crippen LogP contribution in [0.15, 0.2) is 48.5 Å². The van der Waals surface area contributed by atoms with Crippen LogP contribution in [-0.2, 0) is 6.61 Å². The fourth-order valence-corrected chi connectivity index (χ4v) is 2.12. The number of halogens is 1. The van der Waals surface area contributed by atoms with E-state index in [4.69, 9.17) is 16.3 Å². The van der Waals surface area contributed by atoms with E-state index in [9.17, 15) is 4.79 Å². The molecule has 1 N–H and O–H groups in total. The van der Waals surface area contributed by atoms with Crippen LogP contribution in [0.1, 0.15) is 22.8 Å². The molecular formula is C17H18ClNO2. The lowest BCUT2D eigenvalue weighted by Gasteiger charge is -2.11. The summed E-state index contributed by atoms with van der Waals surface area (Å²) in [6, 6.07) is 14.8. The van der Waals surface area contributed by atoms with E-state index in [1.165, 1.54) is 0 Å². The number of para-hydroxylation sites is 1. The highest BCUT2D eigenvalue weighted by atomic mass is 35.5. The van der Waals surface area contributed by atoms with Gasteiger partial charge in [0.1, 0.15) is 12.4 Å². The number of nitrogens with one attached hydrogen (secondary N) is 1. The Morgan fingerprint density at radius 2 is 1.86 bits per heavy atom. The van der Waals surface area contributed by atoms with Gasteiger partial charge in [-0.05, 0) is 24.7 Å².